The number of carbonyl (C=O) groups is 1. The van der Waals surface area contributed by atoms with E-state index in [-0.39, 0.29) is 5.91 Å². The minimum Gasteiger partial charge on any atom is -0.350 e. The van der Waals surface area contributed by atoms with Gasteiger partial charge in [-0.2, -0.15) is 0 Å². The van der Waals surface area contributed by atoms with Crippen molar-refractivity contribution in [1.29, 1.82) is 0 Å². The SMILES string of the molecule is O=C(NCCc1ccccc1)c1cn(-c2ccccc2)cn1. The number of nitrogens with zero attached hydrogens (tertiary/aromatic N) is 2. The van der Waals surface area contributed by atoms with Gasteiger partial charge < -0.3 is 9.88 Å². The fourth-order valence-corrected chi connectivity index (χ4v) is 2.24. The van der Waals surface area contributed by atoms with Gasteiger partial charge in [-0.1, -0.05) is 48.5 Å². The number of aromatic nitrogens is 2. The lowest BCUT2D eigenvalue weighted by molar-refractivity contribution is 0.0949. The monoisotopic (exact) mass is 291 g/mol. The van der Waals surface area contributed by atoms with Crippen LogP contribution < -0.4 is 5.32 Å². The zero-order valence-corrected chi connectivity index (χ0v) is 12.1. The van der Waals surface area contributed by atoms with Crippen molar-refractivity contribution in [2.75, 3.05) is 6.54 Å². The molecule has 1 heterocycles. The van der Waals surface area contributed by atoms with E-state index in [1.54, 1.807) is 12.5 Å². The van der Waals surface area contributed by atoms with Crippen LogP contribution in [0, 0.1) is 0 Å². The molecule has 3 rings (SSSR count). The van der Waals surface area contributed by atoms with Crippen molar-refractivity contribution < 1.29 is 4.79 Å². The average Bonchev–Trinajstić information content (AvgIpc) is 3.07. The number of nitrogens with one attached hydrogen (secondary N) is 1. The number of benzene rings is 2. The van der Waals surface area contributed by atoms with Crippen molar-refractivity contribution in [3.8, 4) is 5.69 Å². The molecule has 0 aliphatic rings. The minimum atomic E-state index is -0.148. The van der Waals surface area contributed by atoms with Crippen molar-refractivity contribution in [2.45, 2.75) is 6.42 Å². The second kappa shape index (κ2) is 6.72. The van der Waals surface area contributed by atoms with Crippen LogP contribution in [-0.2, 0) is 6.42 Å². The molecule has 0 bridgehead atoms. The molecule has 22 heavy (non-hydrogen) atoms. The smallest absolute Gasteiger partial charge is 0.271 e. The van der Waals surface area contributed by atoms with Crippen molar-refractivity contribution in [2.24, 2.45) is 0 Å². The van der Waals surface area contributed by atoms with Crippen molar-refractivity contribution in [3.63, 3.8) is 0 Å². The van der Waals surface area contributed by atoms with E-state index in [1.807, 2.05) is 53.1 Å². The van der Waals surface area contributed by atoms with Crippen LogP contribution in [0.3, 0.4) is 0 Å². The van der Waals surface area contributed by atoms with Gasteiger partial charge in [0.05, 0.1) is 0 Å². The first kappa shape index (κ1) is 14.1. The van der Waals surface area contributed by atoms with Gasteiger partial charge in [0.2, 0.25) is 0 Å². The molecular formula is C18H17N3O. The Bertz CT molecular complexity index is 735. The molecule has 0 aliphatic carbocycles. The molecule has 0 radical (unpaired) electrons. The molecule has 3 aromatic rings. The molecule has 4 heteroatoms. The molecule has 2 aromatic carbocycles. The largest absolute Gasteiger partial charge is 0.350 e. The van der Waals surface area contributed by atoms with Crippen LogP contribution in [0.4, 0.5) is 0 Å². The summed E-state index contributed by atoms with van der Waals surface area (Å²) in [5, 5.41) is 2.90. The zero-order chi connectivity index (χ0) is 15.2. The van der Waals surface area contributed by atoms with Gasteiger partial charge in [-0.3, -0.25) is 4.79 Å². The van der Waals surface area contributed by atoms with E-state index in [4.69, 9.17) is 0 Å². The van der Waals surface area contributed by atoms with E-state index in [2.05, 4.69) is 22.4 Å². The summed E-state index contributed by atoms with van der Waals surface area (Å²) in [6.07, 6.45) is 4.21. The van der Waals surface area contributed by atoms with E-state index in [0.29, 0.717) is 12.2 Å². The maximum Gasteiger partial charge on any atom is 0.271 e. The molecule has 0 spiro atoms. The molecule has 0 unspecified atom stereocenters. The number of para-hydroxylation sites is 1. The Morgan fingerprint density at radius 1 is 1.00 bits per heavy atom. The Morgan fingerprint density at radius 2 is 1.68 bits per heavy atom. The average molecular weight is 291 g/mol. The Labute approximate surface area is 129 Å². The highest BCUT2D eigenvalue weighted by Gasteiger charge is 2.09. The van der Waals surface area contributed by atoms with Gasteiger partial charge >= 0.3 is 0 Å². The van der Waals surface area contributed by atoms with E-state index >= 15 is 0 Å². The van der Waals surface area contributed by atoms with Crippen LogP contribution in [0.2, 0.25) is 0 Å². The lowest BCUT2D eigenvalue weighted by Gasteiger charge is -2.03. The second-order valence-electron chi connectivity index (χ2n) is 4.99. The summed E-state index contributed by atoms with van der Waals surface area (Å²) in [4.78, 5) is 16.3. The zero-order valence-electron chi connectivity index (χ0n) is 12.1. The number of hydrogen-bond acceptors (Lipinski definition) is 2. The number of amides is 1. The highest BCUT2D eigenvalue weighted by atomic mass is 16.1. The molecule has 0 fully saturated rings. The fourth-order valence-electron chi connectivity index (χ4n) is 2.24. The molecule has 4 nitrogen and oxygen atoms in total. The molecule has 0 saturated heterocycles. The predicted molar refractivity (Wildman–Crippen MR) is 86.0 cm³/mol. The quantitative estimate of drug-likeness (QED) is 0.785. The molecule has 0 aliphatic heterocycles. The van der Waals surface area contributed by atoms with Crippen molar-refractivity contribution in [3.05, 3.63) is 84.4 Å². The summed E-state index contributed by atoms with van der Waals surface area (Å²) in [5.74, 6) is -0.148. The summed E-state index contributed by atoms with van der Waals surface area (Å²) in [6, 6.07) is 19.9. The molecule has 0 saturated carbocycles. The van der Waals surface area contributed by atoms with E-state index in [0.717, 1.165) is 12.1 Å². The summed E-state index contributed by atoms with van der Waals surface area (Å²) in [6.45, 7) is 0.598. The third-order valence-corrected chi connectivity index (χ3v) is 3.41. The summed E-state index contributed by atoms with van der Waals surface area (Å²) >= 11 is 0. The van der Waals surface area contributed by atoms with Gasteiger partial charge in [-0.25, -0.2) is 4.98 Å². The molecule has 0 atom stereocenters. The summed E-state index contributed by atoms with van der Waals surface area (Å²) in [7, 11) is 0. The number of imidazole rings is 1. The van der Waals surface area contributed by atoms with Crippen molar-refractivity contribution in [1.82, 2.24) is 14.9 Å². The minimum absolute atomic E-state index is 0.148. The van der Waals surface area contributed by atoms with E-state index in [9.17, 15) is 4.79 Å². The number of hydrogen-bond donors (Lipinski definition) is 1. The number of carbonyl (C=O) groups excluding carboxylic acids is 1. The molecular weight excluding hydrogens is 274 g/mol. The van der Waals surface area contributed by atoms with Gasteiger partial charge in [0.15, 0.2) is 0 Å². The van der Waals surface area contributed by atoms with Gasteiger partial charge in [0, 0.05) is 18.4 Å². The fraction of sp³-hybridized carbons (Fsp3) is 0.111. The van der Waals surface area contributed by atoms with Gasteiger partial charge in [-0.05, 0) is 24.1 Å². The molecule has 1 aromatic heterocycles. The predicted octanol–water partition coefficient (Wildman–Crippen LogP) is 2.84. The van der Waals surface area contributed by atoms with Crippen LogP contribution >= 0.6 is 0 Å². The Balaban J connectivity index is 1.58. The second-order valence-corrected chi connectivity index (χ2v) is 4.99. The maximum atomic E-state index is 12.1. The van der Waals surface area contributed by atoms with Crippen LogP contribution in [0.5, 0.6) is 0 Å². The van der Waals surface area contributed by atoms with E-state index in [1.165, 1.54) is 5.56 Å². The van der Waals surface area contributed by atoms with Crippen molar-refractivity contribution >= 4 is 5.91 Å². The summed E-state index contributed by atoms with van der Waals surface area (Å²) < 4.78 is 1.84. The van der Waals surface area contributed by atoms with Crippen LogP contribution in [0.25, 0.3) is 5.69 Å². The first-order valence-electron chi connectivity index (χ1n) is 7.24. The third-order valence-electron chi connectivity index (χ3n) is 3.41. The topological polar surface area (TPSA) is 46.9 Å². The van der Waals surface area contributed by atoms with Crippen LogP contribution in [-0.4, -0.2) is 22.0 Å². The summed E-state index contributed by atoms with van der Waals surface area (Å²) in [5.41, 5.74) is 2.62. The van der Waals surface area contributed by atoms with Crippen LogP contribution in [0.15, 0.2) is 73.2 Å². The maximum absolute atomic E-state index is 12.1. The standard InChI is InChI=1S/C18H17N3O/c22-18(19-12-11-15-7-3-1-4-8-15)17-13-21(14-20-17)16-9-5-2-6-10-16/h1-10,13-14H,11-12H2,(H,19,22). The number of rotatable bonds is 5. The first-order chi connectivity index (χ1) is 10.8. The highest BCUT2D eigenvalue weighted by molar-refractivity contribution is 5.92. The highest BCUT2D eigenvalue weighted by Crippen LogP contribution is 2.08. The normalized spacial score (nSPS) is 10.4. The lowest BCUT2D eigenvalue weighted by atomic mass is 10.1. The Hall–Kier alpha value is -2.88. The molecule has 110 valence electrons. The first-order valence-corrected chi connectivity index (χ1v) is 7.24. The third kappa shape index (κ3) is 3.41. The van der Waals surface area contributed by atoms with Gasteiger partial charge in [0.25, 0.3) is 5.91 Å². The Kier molecular flexibility index (Phi) is 4.30. The molecule has 1 N–H and O–H groups in total. The molecule has 1 amide bonds. The van der Waals surface area contributed by atoms with E-state index < -0.39 is 0 Å². The van der Waals surface area contributed by atoms with Crippen LogP contribution in [0.1, 0.15) is 16.1 Å². The van der Waals surface area contributed by atoms with Gasteiger partial charge in [-0.15, -0.1) is 0 Å². The van der Waals surface area contributed by atoms with Gasteiger partial charge in [0.1, 0.15) is 12.0 Å². The lowest BCUT2D eigenvalue weighted by Crippen LogP contribution is -2.25. The Morgan fingerprint density at radius 3 is 2.41 bits per heavy atom.